The molecule has 1 aliphatic rings. The third kappa shape index (κ3) is 5.82. The number of rotatable bonds is 6. The molecule has 196 valence electrons. The molecule has 7 nitrogen and oxygen atoms in total. The zero-order chi connectivity index (χ0) is 27.1. The fraction of sp³-hybridized carbons (Fsp3) is 0.292. The van der Waals surface area contributed by atoms with E-state index in [1.165, 1.54) is 19.1 Å². The zero-order valence-electron chi connectivity index (χ0n) is 19.6. The van der Waals surface area contributed by atoms with Gasteiger partial charge in [0.05, 0.1) is 17.8 Å². The van der Waals surface area contributed by atoms with E-state index in [1.54, 1.807) is 0 Å². The maximum absolute atomic E-state index is 15.3. The normalized spacial score (nSPS) is 13.8. The van der Waals surface area contributed by atoms with E-state index in [0.717, 1.165) is 34.6 Å². The first-order chi connectivity index (χ1) is 17.2. The Morgan fingerprint density at radius 3 is 2.51 bits per heavy atom. The molecule has 0 atom stereocenters. The molecule has 0 radical (unpaired) electrons. The largest absolute Gasteiger partial charge is 0.352 e. The zero-order valence-corrected chi connectivity index (χ0v) is 21.3. The molecule has 0 aliphatic carbocycles. The second-order valence-corrected chi connectivity index (χ2v) is 12.0. The van der Waals surface area contributed by atoms with Crippen molar-refractivity contribution in [3.05, 3.63) is 80.3 Å². The van der Waals surface area contributed by atoms with Gasteiger partial charge in [-0.25, -0.2) is 22.2 Å². The Hall–Kier alpha value is -3.32. The minimum Gasteiger partial charge on any atom is -0.332 e. The highest BCUT2D eigenvalue weighted by Crippen LogP contribution is 2.35. The van der Waals surface area contributed by atoms with Crippen LogP contribution in [0.1, 0.15) is 37.1 Å². The van der Waals surface area contributed by atoms with Crippen molar-refractivity contribution in [1.82, 2.24) is 9.88 Å². The van der Waals surface area contributed by atoms with E-state index in [4.69, 9.17) is 0 Å². The lowest BCUT2D eigenvalue weighted by atomic mass is 10.0. The van der Waals surface area contributed by atoms with Gasteiger partial charge < -0.3 is 10.2 Å². The molecule has 0 unspecified atom stereocenters. The van der Waals surface area contributed by atoms with Gasteiger partial charge in [0.1, 0.15) is 22.4 Å². The molecular formula is C24H21F4N3O4S2. The van der Waals surface area contributed by atoms with Crippen LogP contribution in [0.3, 0.4) is 0 Å². The lowest BCUT2D eigenvalue weighted by molar-refractivity contribution is -0.160. The average molecular weight is 556 g/mol. The van der Waals surface area contributed by atoms with E-state index in [2.05, 4.69) is 10.3 Å². The van der Waals surface area contributed by atoms with Crippen LogP contribution >= 0.6 is 11.3 Å². The molecule has 0 fully saturated rings. The Bertz CT molecular complexity index is 1510. The fourth-order valence-electron chi connectivity index (χ4n) is 3.85. The monoisotopic (exact) mass is 555 g/mol. The molecule has 2 heterocycles. The first-order valence-corrected chi connectivity index (χ1v) is 13.8. The van der Waals surface area contributed by atoms with Crippen molar-refractivity contribution < 1.29 is 35.6 Å². The Kier molecular flexibility index (Phi) is 7.12. The molecule has 4 rings (SSSR count). The number of carbonyl (C=O) groups excluding carboxylic acids is 2. The highest BCUT2D eigenvalue weighted by Gasteiger charge is 2.47. The quantitative estimate of drug-likeness (QED) is 0.460. The van der Waals surface area contributed by atoms with E-state index in [1.807, 2.05) is 0 Å². The summed E-state index contributed by atoms with van der Waals surface area (Å²) in [6, 6.07) is 6.06. The summed E-state index contributed by atoms with van der Waals surface area (Å²) >= 11 is 1.02. The number of nitrogens with one attached hydrogen (secondary N) is 1. The summed E-state index contributed by atoms with van der Waals surface area (Å²) in [6.07, 6.45) is 1.19. The molecule has 0 saturated heterocycles. The van der Waals surface area contributed by atoms with Crippen molar-refractivity contribution in [2.75, 3.05) is 18.1 Å². The number of thiazole rings is 1. The first kappa shape index (κ1) is 26.7. The Morgan fingerprint density at radius 1 is 1.14 bits per heavy atom. The second kappa shape index (κ2) is 9.86. The van der Waals surface area contributed by atoms with Gasteiger partial charge in [-0.05, 0) is 48.9 Å². The molecule has 1 aliphatic heterocycles. The molecule has 3 aromatic rings. The number of hydrogen-bond acceptors (Lipinski definition) is 6. The van der Waals surface area contributed by atoms with Gasteiger partial charge in [0.15, 0.2) is 9.84 Å². The molecule has 1 aromatic heterocycles. The predicted octanol–water partition coefficient (Wildman–Crippen LogP) is 4.20. The first-order valence-electron chi connectivity index (χ1n) is 10.9. The smallest absolute Gasteiger partial charge is 0.332 e. The predicted molar refractivity (Wildman–Crippen MR) is 129 cm³/mol. The van der Waals surface area contributed by atoms with Crippen LogP contribution in [0.5, 0.6) is 0 Å². The van der Waals surface area contributed by atoms with Crippen LogP contribution in [0.4, 0.5) is 23.2 Å². The summed E-state index contributed by atoms with van der Waals surface area (Å²) in [5.41, 5.74) is -0.574. The van der Waals surface area contributed by atoms with E-state index < -0.39 is 44.8 Å². The van der Waals surface area contributed by atoms with Crippen LogP contribution < -0.4 is 5.32 Å². The Labute approximate surface area is 214 Å². The number of amides is 2. The Morgan fingerprint density at radius 2 is 1.84 bits per heavy atom. The number of aromatic nitrogens is 1. The van der Waals surface area contributed by atoms with Crippen LogP contribution in [0.25, 0.3) is 0 Å². The van der Waals surface area contributed by atoms with Crippen LogP contribution in [0.2, 0.25) is 0 Å². The molecular weight excluding hydrogens is 534 g/mol. The molecule has 2 amide bonds. The molecule has 0 saturated carbocycles. The van der Waals surface area contributed by atoms with Crippen LogP contribution in [-0.2, 0) is 39.3 Å². The summed E-state index contributed by atoms with van der Waals surface area (Å²) in [6.45, 7) is 1.14. The maximum Gasteiger partial charge on any atom is 0.352 e. The fourth-order valence-corrected chi connectivity index (χ4v) is 6.17. The standard InChI is InChI=1S/C24H21F4N3O4S2/c1-13-9-15(4-6-17(13)25)29-22(32)14-3-5-18(26)16(10-14)24(27,28)23(33)31-8-7-19-20(11-31)36-21(30-19)12-37(2,34)35/h3-6,9-10H,7-8,11-12H2,1-2H3,(H,29,32). The van der Waals surface area contributed by atoms with Crippen LogP contribution in [0, 0.1) is 18.6 Å². The topological polar surface area (TPSA) is 96.4 Å². The summed E-state index contributed by atoms with van der Waals surface area (Å²) in [5, 5.41) is 2.73. The third-order valence-electron chi connectivity index (χ3n) is 5.70. The Balaban J connectivity index is 1.54. The number of sulfone groups is 1. The van der Waals surface area contributed by atoms with Gasteiger partial charge in [-0.3, -0.25) is 9.59 Å². The second-order valence-electron chi connectivity index (χ2n) is 8.71. The van der Waals surface area contributed by atoms with E-state index in [9.17, 15) is 26.8 Å². The van der Waals surface area contributed by atoms with Crippen molar-refractivity contribution in [1.29, 1.82) is 0 Å². The van der Waals surface area contributed by atoms with Crippen molar-refractivity contribution in [2.45, 2.75) is 31.6 Å². The number of carbonyl (C=O) groups is 2. The number of benzene rings is 2. The maximum atomic E-state index is 15.3. The molecule has 13 heteroatoms. The number of anilines is 1. The van der Waals surface area contributed by atoms with Crippen molar-refractivity contribution in [2.24, 2.45) is 0 Å². The van der Waals surface area contributed by atoms with Gasteiger partial charge in [-0.2, -0.15) is 8.78 Å². The van der Waals surface area contributed by atoms with Gasteiger partial charge in [0.25, 0.3) is 11.8 Å². The number of fused-ring (bicyclic) bond motifs is 1. The number of alkyl halides is 2. The summed E-state index contributed by atoms with van der Waals surface area (Å²) in [4.78, 5) is 31.0. The molecule has 37 heavy (non-hydrogen) atoms. The number of hydrogen-bond donors (Lipinski definition) is 1. The molecule has 1 N–H and O–H groups in total. The number of nitrogens with zero attached hydrogens (tertiary/aromatic N) is 2. The van der Waals surface area contributed by atoms with Gasteiger partial charge >= 0.3 is 5.92 Å². The van der Waals surface area contributed by atoms with E-state index in [-0.39, 0.29) is 42.1 Å². The van der Waals surface area contributed by atoms with Crippen molar-refractivity contribution in [3.8, 4) is 0 Å². The van der Waals surface area contributed by atoms with Crippen molar-refractivity contribution >= 4 is 38.7 Å². The molecule has 0 spiro atoms. The third-order valence-corrected chi connectivity index (χ3v) is 7.76. The highest BCUT2D eigenvalue weighted by molar-refractivity contribution is 7.90. The lowest BCUT2D eigenvalue weighted by Crippen LogP contribution is -2.44. The van der Waals surface area contributed by atoms with Gasteiger partial charge in [0.2, 0.25) is 0 Å². The minimum atomic E-state index is -4.29. The van der Waals surface area contributed by atoms with E-state index >= 15 is 8.78 Å². The minimum absolute atomic E-state index is 0.116. The summed E-state index contributed by atoms with van der Waals surface area (Å²) in [5.74, 6) is -8.94. The lowest BCUT2D eigenvalue weighted by Gasteiger charge is -2.30. The van der Waals surface area contributed by atoms with Crippen LogP contribution in [0.15, 0.2) is 36.4 Å². The molecule has 2 aromatic carbocycles. The van der Waals surface area contributed by atoms with Gasteiger partial charge in [-0.15, -0.1) is 11.3 Å². The van der Waals surface area contributed by atoms with Gasteiger partial charge in [-0.1, -0.05) is 0 Å². The van der Waals surface area contributed by atoms with Gasteiger partial charge in [0, 0.05) is 35.3 Å². The number of aryl methyl sites for hydroxylation is 1. The number of halogens is 4. The van der Waals surface area contributed by atoms with Crippen molar-refractivity contribution in [3.63, 3.8) is 0 Å². The summed E-state index contributed by atoms with van der Waals surface area (Å²) in [7, 11) is -3.35. The van der Waals surface area contributed by atoms with E-state index in [0.29, 0.717) is 27.7 Å². The molecule has 0 bridgehead atoms. The average Bonchev–Trinajstić information content (AvgIpc) is 3.20. The highest BCUT2D eigenvalue weighted by atomic mass is 32.2. The van der Waals surface area contributed by atoms with Crippen LogP contribution in [-0.4, -0.2) is 42.9 Å². The summed E-state index contributed by atoms with van der Waals surface area (Å²) < 4.78 is 81.6. The SMILES string of the molecule is Cc1cc(NC(=O)c2ccc(F)c(C(F)(F)C(=O)N3CCc4nc(CS(C)(=O)=O)sc4C3)c2)ccc1F.